The Bertz CT molecular complexity index is 392. The average Bonchev–Trinajstić information content (AvgIpc) is 2.42. The molecule has 1 aromatic rings. The first-order chi connectivity index (χ1) is 8.79. The van der Waals surface area contributed by atoms with E-state index in [0.29, 0.717) is 19.7 Å². The molecule has 0 atom stereocenters. The molecule has 0 unspecified atom stereocenters. The van der Waals surface area contributed by atoms with Crippen LogP contribution >= 0.6 is 0 Å². The number of carbonyl (C=O) groups is 1. The fourth-order valence-electron chi connectivity index (χ4n) is 1.83. The monoisotopic (exact) mass is 250 g/mol. The molecule has 1 aliphatic heterocycles. The molecule has 1 fully saturated rings. The van der Waals surface area contributed by atoms with Crippen LogP contribution in [0.1, 0.15) is 0 Å². The Morgan fingerprint density at radius 2 is 2.00 bits per heavy atom. The SMILES string of the molecule is COc1ccc(OCCN2CCNCC2=O)cc1. The molecule has 0 aromatic heterocycles. The molecular formula is C13H18N2O3. The van der Waals surface area contributed by atoms with Crippen molar-refractivity contribution in [1.82, 2.24) is 10.2 Å². The van der Waals surface area contributed by atoms with Gasteiger partial charge < -0.3 is 19.7 Å². The van der Waals surface area contributed by atoms with Crippen LogP contribution in [-0.4, -0.2) is 50.7 Å². The number of amides is 1. The van der Waals surface area contributed by atoms with E-state index < -0.39 is 0 Å². The van der Waals surface area contributed by atoms with Gasteiger partial charge in [0.25, 0.3) is 0 Å². The number of ether oxygens (including phenoxy) is 2. The summed E-state index contributed by atoms with van der Waals surface area (Å²) in [4.78, 5) is 13.3. The maximum Gasteiger partial charge on any atom is 0.236 e. The Kier molecular flexibility index (Phi) is 4.41. The largest absolute Gasteiger partial charge is 0.497 e. The van der Waals surface area contributed by atoms with Crippen LogP contribution in [0, 0.1) is 0 Å². The Morgan fingerprint density at radius 1 is 1.28 bits per heavy atom. The molecule has 1 heterocycles. The van der Waals surface area contributed by atoms with Gasteiger partial charge in [0.2, 0.25) is 5.91 Å². The molecular weight excluding hydrogens is 232 g/mol. The van der Waals surface area contributed by atoms with E-state index in [0.717, 1.165) is 24.6 Å². The van der Waals surface area contributed by atoms with Gasteiger partial charge in [0.15, 0.2) is 0 Å². The zero-order chi connectivity index (χ0) is 12.8. The van der Waals surface area contributed by atoms with Crippen LogP contribution in [0.25, 0.3) is 0 Å². The highest BCUT2D eigenvalue weighted by molar-refractivity contribution is 5.78. The molecule has 0 aliphatic carbocycles. The fraction of sp³-hybridized carbons (Fsp3) is 0.462. The van der Waals surface area contributed by atoms with Gasteiger partial charge in [-0.1, -0.05) is 0 Å². The van der Waals surface area contributed by atoms with E-state index in [4.69, 9.17) is 9.47 Å². The van der Waals surface area contributed by atoms with Crippen molar-refractivity contribution >= 4 is 5.91 Å². The molecule has 1 saturated heterocycles. The van der Waals surface area contributed by atoms with E-state index in [-0.39, 0.29) is 5.91 Å². The maximum absolute atomic E-state index is 11.5. The number of hydrogen-bond donors (Lipinski definition) is 1. The number of benzene rings is 1. The lowest BCUT2D eigenvalue weighted by molar-refractivity contribution is -0.132. The van der Waals surface area contributed by atoms with E-state index in [1.54, 1.807) is 7.11 Å². The average molecular weight is 250 g/mol. The molecule has 1 aromatic carbocycles. The highest BCUT2D eigenvalue weighted by Gasteiger charge is 2.16. The normalized spacial score (nSPS) is 15.6. The zero-order valence-electron chi connectivity index (χ0n) is 10.5. The number of carbonyl (C=O) groups excluding carboxylic acids is 1. The number of piperazine rings is 1. The van der Waals surface area contributed by atoms with Gasteiger partial charge in [-0.25, -0.2) is 0 Å². The zero-order valence-corrected chi connectivity index (χ0v) is 10.5. The van der Waals surface area contributed by atoms with E-state index in [1.165, 1.54) is 0 Å². The van der Waals surface area contributed by atoms with Crippen molar-refractivity contribution in [1.29, 1.82) is 0 Å². The summed E-state index contributed by atoms with van der Waals surface area (Å²) >= 11 is 0. The van der Waals surface area contributed by atoms with Crippen LogP contribution in [0.5, 0.6) is 11.5 Å². The van der Waals surface area contributed by atoms with Crippen molar-refractivity contribution in [2.75, 3.05) is 39.9 Å². The minimum absolute atomic E-state index is 0.139. The van der Waals surface area contributed by atoms with E-state index in [1.807, 2.05) is 29.2 Å². The van der Waals surface area contributed by atoms with Crippen LogP contribution in [0.4, 0.5) is 0 Å². The van der Waals surface area contributed by atoms with Crippen molar-refractivity contribution in [3.05, 3.63) is 24.3 Å². The number of methoxy groups -OCH3 is 1. The smallest absolute Gasteiger partial charge is 0.236 e. The third kappa shape index (κ3) is 3.37. The molecule has 1 amide bonds. The van der Waals surface area contributed by atoms with Crippen LogP contribution < -0.4 is 14.8 Å². The lowest BCUT2D eigenvalue weighted by atomic mass is 10.3. The quantitative estimate of drug-likeness (QED) is 0.827. The molecule has 0 saturated carbocycles. The second-order valence-corrected chi connectivity index (χ2v) is 4.08. The van der Waals surface area contributed by atoms with E-state index in [2.05, 4.69) is 5.32 Å². The van der Waals surface area contributed by atoms with Crippen LogP contribution in [0.2, 0.25) is 0 Å². The summed E-state index contributed by atoms with van der Waals surface area (Å²) in [5.41, 5.74) is 0. The maximum atomic E-state index is 11.5. The number of nitrogens with one attached hydrogen (secondary N) is 1. The van der Waals surface area contributed by atoms with Gasteiger partial charge in [0, 0.05) is 13.1 Å². The Balaban J connectivity index is 1.75. The van der Waals surface area contributed by atoms with Crippen molar-refractivity contribution in [2.45, 2.75) is 0 Å². The summed E-state index contributed by atoms with van der Waals surface area (Å²) in [6, 6.07) is 7.42. The predicted octanol–water partition coefficient (Wildman–Crippen LogP) is 0.506. The fourth-order valence-corrected chi connectivity index (χ4v) is 1.83. The highest BCUT2D eigenvalue weighted by atomic mass is 16.5. The van der Waals surface area contributed by atoms with Crippen molar-refractivity contribution in [2.24, 2.45) is 0 Å². The molecule has 5 heteroatoms. The highest BCUT2D eigenvalue weighted by Crippen LogP contribution is 2.16. The van der Waals surface area contributed by atoms with E-state index in [9.17, 15) is 4.79 Å². The first kappa shape index (κ1) is 12.7. The van der Waals surface area contributed by atoms with Crippen molar-refractivity contribution in [3.8, 4) is 11.5 Å². The first-order valence-electron chi connectivity index (χ1n) is 6.05. The Hall–Kier alpha value is -1.75. The van der Waals surface area contributed by atoms with Gasteiger partial charge in [0.05, 0.1) is 20.2 Å². The minimum Gasteiger partial charge on any atom is -0.497 e. The summed E-state index contributed by atoms with van der Waals surface area (Å²) in [5, 5.41) is 3.04. The molecule has 5 nitrogen and oxygen atoms in total. The summed E-state index contributed by atoms with van der Waals surface area (Å²) in [5.74, 6) is 1.73. The van der Waals surface area contributed by atoms with Crippen LogP contribution in [0.3, 0.4) is 0 Å². The Morgan fingerprint density at radius 3 is 2.67 bits per heavy atom. The molecule has 2 rings (SSSR count). The van der Waals surface area contributed by atoms with Gasteiger partial charge in [-0.3, -0.25) is 4.79 Å². The first-order valence-corrected chi connectivity index (χ1v) is 6.05. The van der Waals surface area contributed by atoms with Crippen LogP contribution in [-0.2, 0) is 4.79 Å². The third-order valence-corrected chi connectivity index (χ3v) is 2.88. The lowest BCUT2D eigenvalue weighted by Gasteiger charge is -2.27. The second kappa shape index (κ2) is 6.26. The lowest BCUT2D eigenvalue weighted by Crippen LogP contribution is -2.49. The second-order valence-electron chi connectivity index (χ2n) is 4.08. The molecule has 0 radical (unpaired) electrons. The predicted molar refractivity (Wildman–Crippen MR) is 67.9 cm³/mol. The Labute approximate surface area is 107 Å². The molecule has 98 valence electrons. The van der Waals surface area contributed by atoms with Crippen LogP contribution in [0.15, 0.2) is 24.3 Å². The summed E-state index contributed by atoms with van der Waals surface area (Å²) in [6.45, 7) is 3.19. The van der Waals surface area contributed by atoms with E-state index >= 15 is 0 Å². The molecule has 1 aliphatic rings. The summed E-state index contributed by atoms with van der Waals surface area (Å²) in [7, 11) is 1.63. The number of nitrogens with zero attached hydrogens (tertiary/aromatic N) is 1. The van der Waals surface area contributed by atoms with Gasteiger partial charge in [-0.15, -0.1) is 0 Å². The van der Waals surface area contributed by atoms with Gasteiger partial charge in [0.1, 0.15) is 18.1 Å². The van der Waals surface area contributed by atoms with Gasteiger partial charge >= 0.3 is 0 Å². The summed E-state index contributed by atoms with van der Waals surface area (Å²) < 4.78 is 10.7. The topological polar surface area (TPSA) is 50.8 Å². The minimum atomic E-state index is 0.139. The van der Waals surface area contributed by atoms with Crippen molar-refractivity contribution < 1.29 is 14.3 Å². The molecule has 0 spiro atoms. The number of hydrogen-bond acceptors (Lipinski definition) is 4. The number of rotatable bonds is 5. The van der Waals surface area contributed by atoms with Crippen molar-refractivity contribution in [3.63, 3.8) is 0 Å². The van der Waals surface area contributed by atoms with Gasteiger partial charge in [-0.2, -0.15) is 0 Å². The third-order valence-electron chi connectivity index (χ3n) is 2.88. The summed E-state index contributed by atoms with van der Waals surface area (Å²) in [6.07, 6.45) is 0. The standard InChI is InChI=1S/C13H18N2O3/c1-17-11-2-4-12(5-3-11)18-9-8-15-7-6-14-10-13(15)16/h2-5,14H,6-10H2,1H3. The molecule has 1 N–H and O–H groups in total. The molecule has 0 bridgehead atoms. The molecule has 18 heavy (non-hydrogen) atoms. The van der Waals surface area contributed by atoms with Gasteiger partial charge in [-0.05, 0) is 24.3 Å².